The molecule has 0 bridgehead atoms. The Morgan fingerprint density at radius 3 is 2.17 bits per heavy atom. The minimum Gasteiger partial charge on any atom is -0.488 e. The molecule has 0 heterocycles. The number of likely N-dealkylation sites (N-methyl/N-ethyl adjacent to an activating group) is 1. The lowest BCUT2D eigenvalue weighted by molar-refractivity contribution is -0.924. The molecule has 2 unspecified atom stereocenters. The number of carbonyl (C=O) groups is 1. The predicted molar refractivity (Wildman–Crippen MR) is 123 cm³/mol. The Hall–Kier alpha value is -1.59. The summed E-state index contributed by atoms with van der Waals surface area (Å²) in [5.41, 5.74) is 0.574. The number of nitrogens with zero attached hydrogens (tertiary/aromatic N) is 1. The fourth-order valence-electron chi connectivity index (χ4n) is 3.66. The standard InChI is InChI=1S/C25H43NO4/c1-9-11-22(23(27)28)26(8,10-2)18-16-24(4,5)29-19-17-25(6,7)30-21-14-12-20(3)13-15-21/h12-15,22H,9-11,16-19H2,1-8H3/p+1. The molecule has 0 fully saturated rings. The van der Waals surface area contributed by atoms with Crippen LogP contribution in [0.15, 0.2) is 24.3 Å². The number of hydrogen-bond acceptors (Lipinski definition) is 3. The molecular weight excluding hydrogens is 378 g/mol. The number of quaternary nitrogens is 1. The number of aliphatic carboxylic acids is 1. The van der Waals surface area contributed by atoms with E-state index in [4.69, 9.17) is 9.47 Å². The first-order valence-electron chi connectivity index (χ1n) is 11.3. The molecule has 2 atom stereocenters. The second-order valence-corrected chi connectivity index (χ2v) is 9.94. The van der Waals surface area contributed by atoms with Gasteiger partial charge in [0.2, 0.25) is 0 Å². The first kappa shape index (κ1) is 26.4. The van der Waals surface area contributed by atoms with Crippen LogP contribution in [0.25, 0.3) is 0 Å². The minimum atomic E-state index is -0.699. The van der Waals surface area contributed by atoms with Gasteiger partial charge in [0, 0.05) is 19.3 Å². The van der Waals surface area contributed by atoms with Crippen LogP contribution in [0.1, 0.15) is 72.8 Å². The largest absolute Gasteiger partial charge is 0.488 e. The molecule has 30 heavy (non-hydrogen) atoms. The third kappa shape index (κ3) is 8.65. The van der Waals surface area contributed by atoms with Gasteiger partial charge in [-0.3, -0.25) is 0 Å². The van der Waals surface area contributed by atoms with Crippen molar-refractivity contribution in [2.24, 2.45) is 0 Å². The van der Waals surface area contributed by atoms with E-state index in [-0.39, 0.29) is 17.2 Å². The zero-order valence-electron chi connectivity index (χ0n) is 20.5. The Bertz CT molecular complexity index is 654. The number of aryl methyl sites for hydroxylation is 1. The highest BCUT2D eigenvalue weighted by molar-refractivity contribution is 5.72. The lowest BCUT2D eigenvalue weighted by atomic mass is 10.0. The smallest absolute Gasteiger partial charge is 0.362 e. The minimum absolute atomic E-state index is 0.316. The number of carboxylic acid groups (broad SMARTS) is 1. The van der Waals surface area contributed by atoms with Crippen molar-refractivity contribution in [3.05, 3.63) is 29.8 Å². The number of carboxylic acids is 1. The van der Waals surface area contributed by atoms with Crippen LogP contribution in [0.2, 0.25) is 0 Å². The summed E-state index contributed by atoms with van der Waals surface area (Å²) in [5, 5.41) is 9.71. The van der Waals surface area contributed by atoms with Gasteiger partial charge in [-0.05, 0) is 60.1 Å². The third-order valence-electron chi connectivity index (χ3n) is 6.16. The van der Waals surface area contributed by atoms with E-state index in [9.17, 15) is 9.90 Å². The summed E-state index contributed by atoms with van der Waals surface area (Å²) in [7, 11) is 2.06. The van der Waals surface area contributed by atoms with Crippen molar-refractivity contribution in [2.45, 2.75) is 91.4 Å². The molecular formula is C25H44NO4+. The fraction of sp³-hybridized carbons (Fsp3) is 0.720. The molecule has 5 heteroatoms. The highest BCUT2D eigenvalue weighted by Crippen LogP contribution is 2.25. The van der Waals surface area contributed by atoms with Gasteiger partial charge in [0.1, 0.15) is 11.4 Å². The summed E-state index contributed by atoms with van der Waals surface area (Å²) < 4.78 is 12.9. The van der Waals surface area contributed by atoms with Crippen molar-refractivity contribution in [3.63, 3.8) is 0 Å². The van der Waals surface area contributed by atoms with Crippen molar-refractivity contribution < 1.29 is 23.9 Å². The van der Waals surface area contributed by atoms with Crippen LogP contribution >= 0.6 is 0 Å². The molecule has 0 spiro atoms. The maximum Gasteiger partial charge on any atom is 0.362 e. The molecule has 0 amide bonds. The van der Waals surface area contributed by atoms with Gasteiger partial charge in [0.05, 0.1) is 32.3 Å². The highest BCUT2D eigenvalue weighted by atomic mass is 16.5. The summed E-state index contributed by atoms with van der Waals surface area (Å²) >= 11 is 0. The predicted octanol–water partition coefficient (Wildman–Crippen LogP) is 5.45. The number of hydrogen-bond donors (Lipinski definition) is 1. The molecule has 0 saturated carbocycles. The highest BCUT2D eigenvalue weighted by Gasteiger charge is 2.38. The molecule has 1 N–H and O–H groups in total. The summed E-state index contributed by atoms with van der Waals surface area (Å²) in [4.78, 5) is 11.8. The van der Waals surface area contributed by atoms with Crippen molar-refractivity contribution in [3.8, 4) is 5.75 Å². The Balaban J connectivity index is 2.59. The fourth-order valence-corrected chi connectivity index (χ4v) is 3.66. The van der Waals surface area contributed by atoms with E-state index >= 15 is 0 Å². The molecule has 0 radical (unpaired) electrons. The monoisotopic (exact) mass is 422 g/mol. The maximum absolute atomic E-state index is 11.8. The first-order chi connectivity index (χ1) is 13.8. The molecule has 5 nitrogen and oxygen atoms in total. The molecule has 1 aromatic rings. The summed E-state index contributed by atoms with van der Waals surface area (Å²) in [6.45, 7) is 16.7. The third-order valence-corrected chi connectivity index (χ3v) is 6.16. The average molecular weight is 423 g/mol. The molecule has 0 aliphatic carbocycles. The Labute approximate surface area is 184 Å². The van der Waals surface area contributed by atoms with Crippen LogP contribution in [0.4, 0.5) is 0 Å². The van der Waals surface area contributed by atoms with Crippen LogP contribution in [0.3, 0.4) is 0 Å². The first-order valence-corrected chi connectivity index (χ1v) is 11.3. The van der Waals surface area contributed by atoms with Crippen LogP contribution < -0.4 is 4.74 Å². The van der Waals surface area contributed by atoms with E-state index in [0.29, 0.717) is 17.5 Å². The van der Waals surface area contributed by atoms with Gasteiger partial charge in [-0.2, -0.15) is 0 Å². The Morgan fingerprint density at radius 1 is 1.07 bits per heavy atom. The van der Waals surface area contributed by atoms with Crippen LogP contribution in [-0.2, 0) is 9.53 Å². The lowest BCUT2D eigenvalue weighted by Crippen LogP contribution is -2.57. The Kier molecular flexibility index (Phi) is 9.83. The van der Waals surface area contributed by atoms with Gasteiger partial charge in [-0.15, -0.1) is 0 Å². The quantitative estimate of drug-likeness (QED) is 0.405. The molecule has 1 rings (SSSR count). The van der Waals surface area contributed by atoms with E-state index < -0.39 is 5.97 Å². The molecule has 0 saturated heterocycles. The van der Waals surface area contributed by atoms with Crippen LogP contribution in [0, 0.1) is 6.92 Å². The average Bonchev–Trinajstić information content (AvgIpc) is 2.65. The maximum atomic E-state index is 11.8. The number of rotatable bonds is 14. The van der Waals surface area contributed by atoms with Gasteiger partial charge < -0.3 is 19.1 Å². The van der Waals surface area contributed by atoms with E-state index in [0.717, 1.165) is 38.1 Å². The van der Waals surface area contributed by atoms with E-state index in [1.165, 1.54) is 5.56 Å². The van der Waals surface area contributed by atoms with Crippen molar-refractivity contribution in [1.29, 1.82) is 0 Å². The van der Waals surface area contributed by atoms with Crippen molar-refractivity contribution in [1.82, 2.24) is 0 Å². The molecule has 1 aromatic carbocycles. The van der Waals surface area contributed by atoms with Crippen LogP contribution in [0.5, 0.6) is 5.75 Å². The SMILES string of the molecule is CCCC(C(=O)O)[N+](C)(CC)CCC(C)(C)OCCC(C)(C)Oc1ccc(C)cc1. The van der Waals surface area contributed by atoms with E-state index in [1.807, 2.05) is 19.1 Å². The summed E-state index contributed by atoms with van der Waals surface area (Å²) in [5.74, 6) is 0.173. The van der Waals surface area contributed by atoms with Crippen molar-refractivity contribution >= 4 is 5.97 Å². The van der Waals surface area contributed by atoms with Gasteiger partial charge in [-0.25, -0.2) is 4.79 Å². The van der Waals surface area contributed by atoms with Gasteiger partial charge >= 0.3 is 5.97 Å². The number of benzene rings is 1. The van der Waals surface area contributed by atoms with Gasteiger partial charge in [0.15, 0.2) is 6.04 Å². The topological polar surface area (TPSA) is 55.8 Å². The summed E-state index contributed by atoms with van der Waals surface area (Å²) in [6.07, 6.45) is 3.16. The van der Waals surface area contributed by atoms with Crippen molar-refractivity contribution in [2.75, 3.05) is 26.7 Å². The number of ether oxygens (including phenoxy) is 2. The van der Waals surface area contributed by atoms with Gasteiger partial charge in [-0.1, -0.05) is 24.6 Å². The molecule has 172 valence electrons. The van der Waals surface area contributed by atoms with E-state index in [1.54, 1.807) is 0 Å². The normalized spacial score (nSPS) is 15.5. The lowest BCUT2D eigenvalue weighted by Gasteiger charge is -2.41. The summed E-state index contributed by atoms with van der Waals surface area (Å²) in [6, 6.07) is 7.74. The second-order valence-electron chi connectivity index (χ2n) is 9.94. The second kappa shape index (κ2) is 11.1. The zero-order valence-corrected chi connectivity index (χ0v) is 20.5. The molecule has 0 aromatic heterocycles. The Morgan fingerprint density at radius 2 is 1.67 bits per heavy atom. The van der Waals surface area contributed by atoms with E-state index in [2.05, 4.69) is 60.7 Å². The molecule has 0 aliphatic heterocycles. The van der Waals surface area contributed by atoms with Crippen LogP contribution in [-0.4, -0.2) is 59.5 Å². The molecule has 0 aliphatic rings. The van der Waals surface area contributed by atoms with Gasteiger partial charge in [0.25, 0.3) is 0 Å². The zero-order chi connectivity index (χ0) is 23.0.